The maximum atomic E-state index is 9.69. The number of benzene rings is 3. The molecule has 5 heteroatoms. The van der Waals surface area contributed by atoms with Crippen LogP contribution in [0.4, 0.5) is 0 Å². The molecule has 0 spiro atoms. The number of hydrogen-bond donors (Lipinski definition) is 1. The summed E-state index contributed by atoms with van der Waals surface area (Å²) in [6.07, 6.45) is -0.220. The summed E-state index contributed by atoms with van der Waals surface area (Å²) in [5, 5.41) is 10.3. The largest absolute Gasteiger partial charge is 0.493 e. The second kappa shape index (κ2) is 8.46. The third-order valence-corrected chi connectivity index (χ3v) is 5.54. The van der Waals surface area contributed by atoms with E-state index in [2.05, 4.69) is 12.1 Å². The lowest BCUT2D eigenvalue weighted by atomic mass is 9.90. The molecule has 1 heterocycles. The minimum Gasteiger partial charge on any atom is -0.493 e. The lowest BCUT2D eigenvalue weighted by molar-refractivity contribution is -0.00533. The van der Waals surface area contributed by atoms with Gasteiger partial charge in [-0.3, -0.25) is 0 Å². The number of para-hydroxylation sites is 1. The summed E-state index contributed by atoms with van der Waals surface area (Å²) in [6, 6.07) is 19.8. The molecule has 1 aliphatic rings. The summed E-state index contributed by atoms with van der Waals surface area (Å²) < 4.78 is 17.8. The van der Waals surface area contributed by atoms with Gasteiger partial charge in [0.1, 0.15) is 6.10 Å². The first-order chi connectivity index (χ1) is 14.2. The smallest absolute Gasteiger partial charge is 0.166 e. The van der Waals surface area contributed by atoms with Crippen molar-refractivity contribution < 1.29 is 19.3 Å². The van der Waals surface area contributed by atoms with Crippen molar-refractivity contribution in [2.24, 2.45) is 0 Å². The van der Waals surface area contributed by atoms with Gasteiger partial charge in [-0.25, -0.2) is 0 Å². The molecule has 150 valence electrons. The van der Waals surface area contributed by atoms with E-state index >= 15 is 0 Å². The second-order valence-electron chi connectivity index (χ2n) is 6.92. The van der Waals surface area contributed by atoms with Crippen molar-refractivity contribution in [2.75, 3.05) is 20.8 Å². The van der Waals surface area contributed by atoms with Crippen LogP contribution in [0.3, 0.4) is 0 Å². The third kappa shape index (κ3) is 3.60. The van der Waals surface area contributed by atoms with Crippen molar-refractivity contribution in [3.63, 3.8) is 0 Å². The summed E-state index contributed by atoms with van der Waals surface area (Å²) in [7, 11) is 3.24. The molecule has 1 aliphatic heterocycles. The van der Waals surface area contributed by atoms with Crippen molar-refractivity contribution in [2.45, 2.75) is 18.6 Å². The quantitative estimate of drug-likeness (QED) is 0.597. The molecule has 0 radical (unpaired) electrons. The first-order valence-electron chi connectivity index (χ1n) is 9.54. The minimum absolute atomic E-state index is 0.0259. The van der Waals surface area contributed by atoms with E-state index in [4.69, 9.17) is 25.8 Å². The highest BCUT2D eigenvalue weighted by molar-refractivity contribution is 6.30. The molecular formula is C24H23ClO4. The SMILES string of the molecule is COc1cccc([C@H]2O[C@H](CCO)c3ccccc3-c3ccc(Cl)cc32)c1OC. The van der Waals surface area contributed by atoms with Crippen LogP contribution in [0.1, 0.15) is 35.3 Å². The van der Waals surface area contributed by atoms with Gasteiger partial charge in [-0.15, -0.1) is 0 Å². The highest BCUT2D eigenvalue weighted by Gasteiger charge is 2.32. The van der Waals surface area contributed by atoms with E-state index < -0.39 is 6.10 Å². The van der Waals surface area contributed by atoms with Crippen LogP contribution in [0.15, 0.2) is 60.7 Å². The molecule has 29 heavy (non-hydrogen) atoms. The summed E-state index contributed by atoms with van der Waals surface area (Å²) in [4.78, 5) is 0. The monoisotopic (exact) mass is 410 g/mol. The molecule has 2 atom stereocenters. The number of aliphatic hydroxyl groups excluding tert-OH is 1. The van der Waals surface area contributed by atoms with E-state index in [0.717, 1.165) is 27.8 Å². The number of methoxy groups -OCH3 is 2. The highest BCUT2D eigenvalue weighted by atomic mass is 35.5. The zero-order chi connectivity index (χ0) is 20.4. The Balaban J connectivity index is 1.98. The zero-order valence-electron chi connectivity index (χ0n) is 16.4. The molecule has 0 bridgehead atoms. The molecule has 0 aliphatic carbocycles. The topological polar surface area (TPSA) is 47.9 Å². The maximum absolute atomic E-state index is 9.69. The molecule has 0 aromatic heterocycles. The predicted octanol–water partition coefficient (Wildman–Crippen LogP) is 5.57. The van der Waals surface area contributed by atoms with E-state index in [1.165, 1.54) is 0 Å². The number of ether oxygens (including phenoxy) is 3. The van der Waals surface area contributed by atoms with Crippen molar-refractivity contribution in [1.29, 1.82) is 0 Å². The molecule has 3 aromatic carbocycles. The standard InChI is InChI=1S/C24H23ClO4/c1-27-22-9-5-8-19(24(22)28-2)23-20-14-15(25)10-11-17(20)16-6-3-4-7-18(16)21(29-23)12-13-26/h3-11,14,21,23,26H,12-13H2,1-2H3/t21-,23-/m1/s1. The van der Waals surface area contributed by atoms with Crippen LogP contribution in [0.5, 0.6) is 11.5 Å². The van der Waals surface area contributed by atoms with Crippen LogP contribution < -0.4 is 9.47 Å². The summed E-state index contributed by atoms with van der Waals surface area (Å²) in [6.45, 7) is 0.0259. The Labute approximate surface area is 175 Å². The van der Waals surface area contributed by atoms with Gasteiger partial charge in [0.05, 0.1) is 20.3 Å². The van der Waals surface area contributed by atoms with Crippen molar-refractivity contribution in [3.8, 4) is 22.6 Å². The fraction of sp³-hybridized carbons (Fsp3) is 0.250. The van der Waals surface area contributed by atoms with Gasteiger partial charge in [0.2, 0.25) is 0 Å². The van der Waals surface area contributed by atoms with Crippen LogP contribution in [0.25, 0.3) is 11.1 Å². The summed E-state index contributed by atoms with van der Waals surface area (Å²) in [5.41, 5.74) is 5.00. The summed E-state index contributed by atoms with van der Waals surface area (Å²) >= 11 is 6.39. The molecular weight excluding hydrogens is 388 g/mol. The summed E-state index contributed by atoms with van der Waals surface area (Å²) in [5.74, 6) is 1.26. The normalized spacial score (nSPS) is 17.8. The highest BCUT2D eigenvalue weighted by Crippen LogP contribution is 2.48. The van der Waals surface area contributed by atoms with E-state index in [0.29, 0.717) is 22.9 Å². The van der Waals surface area contributed by atoms with E-state index in [9.17, 15) is 5.11 Å². The molecule has 4 nitrogen and oxygen atoms in total. The van der Waals surface area contributed by atoms with Crippen LogP contribution >= 0.6 is 11.6 Å². The number of halogens is 1. The van der Waals surface area contributed by atoms with Gasteiger partial charge in [-0.2, -0.15) is 0 Å². The minimum atomic E-state index is -0.433. The Kier molecular flexibility index (Phi) is 5.76. The second-order valence-corrected chi connectivity index (χ2v) is 7.36. The molecule has 1 N–H and O–H groups in total. The predicted molar refractivity (Wildman–Crippen MR) is 114 cm³/mol. The Morgan fingerprint density at radius 1 is 0.897 bits per heavy atom. The average Bonchev–Trinajstić information content (AvgIpc) is 2.88. The number of aliphatic hydroxyl groups is 1. The number of rotatable bonds is 5. The van der Waals surface area contributed by atoms with Crippen LogP contribution in [-0.4, -0.2) is 25.9 Å². The molecule has 4 rings (SSSR count). The van der Waals surface area contributed by atoms with Crippen LogP contribution in [-0.2, 0) is 4.74 Å². The van der Waals surface area contributed by atoms with Crippen molar-refractivity contribution >= 4 is 11.6 Å². The Morgan fingerprint density at radius 3 is 2.41 bits per heavy atom. The molecule has 0 fully saturated rings. The van der Waals surface area contributed by atoms with Gasteiger partial charge in [-0.05, 0) is 40.5 Å². The lowest BCUT2D eigenvalue weighted by Gasteiger charge is -2.26. The first kappa shape index (κ1) is 19.8. The van der Waals surface area contributed by atoms with Gasteiger partial charge in [0.15, 0.2) is 11.5 Å². The Morgan fingerprint density at radius 2 is 1.66 bits per heavy atom. The molecule has 3 aromatic rings. The zero-order valence-corrected chi connectivity index (χ0v) is 17.1. The molecule has 0 unspecified atom stereocenters. The van der Waals surface area contributed by atoms with Gasteiger partial charge in [0.25, 0.3) is 0 Å². The number of fused-ring (bicyclic) bond motifs is 3. The molecule has 0 amide bonds. The third-order valence-electron chi connectivity index (χ3n) is 5.30. The van der Waals surface area contributed by atoms with E-state index in [-0.39, 0.29) is 12.7 Å². The van der Waals surface area contributed by atoms with Gasteiger partial charge in [0, 0.05) is 23.6 Å². The first-order valence-corrected chi connectivity index (χ1v) is 9.91. The molecule has 0 saturated heterocycles. The maximum Gasteiger partial charge on any atom is 0.166 e. The van der Waals surface area contributed by atoms with Gasteiger partial charge in [-0.1, -0.05) is 54.1 Å². The van der Waals surface area contributed by atoms with Crippen LogP contribution in [0.2, 0.25) is 5.02 Å². The number of hydrogen-bond acceptors (Lipinski definition) is 4. The van der Waals surface area contributed by atoms with Gasteiger partial charge >= 0.3 is 0 Å². The Hall–Kier alpha value is -2.53. The Bertz CT molecular complexity index is 1020. The van der Waals surface area contributed by atoms with Crippen molar-refractivity contribution in [1.82, 2.24) is 0 Å². The van der Waals surface area contributed by atoms with Crippen molar-refractivity contribution in [3.05, 3.63) is 82.4 Å². The molecule has 0 saturated carbocycles. The van der Waals surface area contributed by atoms with Gasteiger partial charge < -0.3 is 19.3 Å². The van der Waals surface area contributed by atoms with Crippen LogP contribution in [0, 0.1) is 0 Å². The van der Waals surface area contributed by atoms with E-state index in [1.807, 2.05) is 48.5 Å². The average molecular weight is 411 g/mol. The lowest BCUT2D eigenvalue weighted by Crippen LogP contribution is -2.13. The van der Waals surface area contributed by atoms with E-state index in [1.54, 1.807) is 14.2 Å². The fourth-order valence-corrected chi connectivity index (χ4v) is 4.21. The fourth-order valence-electron chi connectivity index (χ4n) is 4.03.